The predicted molar refractivity (Wildman–Crippen MR) is 38.1 cm³/mol. The van der Waals surface area contributed by atoms with Crippen LogP contribution in [0, 0.1) is 0 Å². The third kappa shape index (κ3) is 2.61. The van der Waals surface area contributed by atoms with Gasteiger partial charge >= 0.3 is 0 Å². The average Bonchev–Trinajstić information content (AvgIpc) is 1.80. The van der Waals surface area contributed by atoms with Gasteiger partial charge in [-0.1, -0.05) is 23.2 Å². The van der Waals surface area contributed by atoms with Crippen molar-refractivity contribution in [3.8, 4) is 5.75 Å². The topological polar surface area (TPSA) is 20.2 Å². The maximum atomic E-state index is 8.79. The Morgan fingerprint density at radius 2 is 1.70 bits per heavy atom. The van der Waals surface area contributed by atoms with Crippen molar-refractivity contribution in [2.24, 2.45) is 0 Å². The van der Waals surface area contributed by atoms with Crippen molar-refractivity contribution in [3.05, 3.63) is 28.2 Å². The fraction of sp³-hybridized carbons (Fsp3) is 0. The van der Waals surface area contributed by atoms with Crippen LogP contribution in [0.4, 0.5) is 0 Å². The summed E-state index contributed by atoms with van der Waals surface area (Å²) in [6, 6.07) is 4.41. The van der Waals surface area contributed by atoms with Gasteiger partial charge in [-0.2, -0.15) is 0 Å². The first-order valence-electron chi connectivity index (χ1n) is 2.34. The summed E-state index contributed by atoms with van der Waals surface area (Å²) >= 11 is 11.1. The Kier molecular flexibility index (Phi) is 4.59. The number of phenolic OH excluding ortho intramolecular Hbond substituents is 1. The molecule has 0 aliphatic heterocycles. The Hall–Kier alpha value is 0.483. The number of rotatable bonds is 0. The van der Waals surface area contributed by atoms with Crippen LogP contribution in [0.3, 0.4) is 0 Å². The maximum absolute atomic E-state index is 8.79. The largest absolute Gasteiger partial charge is 0.508 e. The zero-order chi connectivity index (χ0) is 6.85. The number of halogens is 2. The average molecular weight is 254 g/mol. The van der Waals surface area contributed by atoms with Crippen LogP contribution in [-0.4, -0.2) is 5.11 Å². The van der Waals surface area contributed by atoms with Gasteiger partial charge in [-0.05, 0) is 18.2 Å². The molecule has 0 unspecified atom stereocenters. The van der Waals surface area contributed by atoms with E-state index in [1.807, 2.05) is 0 Å². The number of hydrogen-bond donors (Lipinski definition) is 1. The molecule has 10 heavy (non-hydrogen) atoms. The summed E-state index contributed by atoms with van der Waals surface area (Å²) in [6.45, 7) is 0. The van der Waals surface area contributed by atoms with E-state index in [1.165, 1.54) is 12.1 Å². The van der Waals surface area contributed by atoms with E-state index in [1.54, 1.807) is 6.07 Å². The Labute approximate surface area is 88.1 Å². The number of hydrogen-bond acceptors (Lipinski definition) is 1. The van der Waals surface area contributed by atoms with Crippen molar-refractivity contribution in [3.63, 3.8) is 0 Å². The molecule has 1 aromatic carbocycles. The monoisotopic (exact) mass is 252 g/mol. The van der Waals surface area contributed by atoms with Crippen LogP contribution in [-0.2, 0) is 26.2 Å². The third-order valence-electron chi connectivity index (χ3n) is 0.903. The summed E-state index contributed by atoms with van der Waals surface area (Å²) in [5.74, 6) is 0.129. The van der Waals surface area contributed by atoms with Crippen LogP contribution >= 0.6 is 23.2 Å². The first-order chi connectivity index (χ1) is 4.20. The van der Waals surface area contributed by atoms with Crippen molar-refractivity contribution < 1.29 is 31.3 Å². The quantitative estimate of drug-likeness (QED) is 0.754. The molecule has 0 aliphatic carbocycles. The molecule has 0 radical (unpaired) electrons. The second-order valence-corrected chi connectivity index (χ2v) is 2.41. The Bertz CT molecular complexity index is 227. The molecule has 0 heterocycles. The van der Waals surface area contributed by atoms with Crippen molar-refractivity contribution in [2.45, 2.75) is 0 Å². The van der Waals surface area contributed by atoms with Crippen molar-refractivity contribution >= 4 is 23.2 Å². The van der Waals surface area contributed by atoms with E-state index >= 15 is 0 Å². The first-order valence-corrected chi connectivity index (χ1v) is 3.10. The molecule has 52 valence electrons. The van der Waals surface area contributed by atoms with Gasteiger partial charge in [-0.3, -0.25) is 0 Å². The smallest absolute Gasteiger partial charge is 0.117 e. The van der Waals surface area contributed by atoms with Gasteiger partial charge in [-0.25, -0.2) is 0 Å². The summed E-state index contributed by atoms with van der Waals surface area (Å²) in [5, 5.41) is 9.62. The van der Waals surface area contributed by atoms with Gasteiger partial charge in [0, 0.05) is 26.2 Å². The molecule has 0 atom stereocenters. The molecule has 0 amide bonds. The standard InChI is InChI=1S/C6H4Cl2O.Zr/c7-5-2-1-4(9)3-6(5)8;/h1-3,9H;. The second-order valence-electron chi connectivity index (χ2n) is 1.60. The minimum Gasteiger partial charge on any atom is -0.508 e. The summed E-state index contributed by atoms with van der Waals surface area (Å²) in [4.78, 5) is 0. The van der Waals surface area contributed by atoms with E-state index in [4.69, 9.17) is 28.3 Å². The van der Waals surface area contributed by atoms with E-state index in [-0.39, 0.29) is 32.0 Å². The SMILES string of the molecule is Oc1ccc(Cl)c(Cl)c1.[Zr]. The van der Waals surface area contributed by atoms with Crippen molar-refractivity contribution in [2.75, 3.05) is 0 Å². The molecule has 1 N–H and O–H groups in total. The minimum atomic E-state index is 0. The summed E-state index contributed by atoms with van der Waals surface area (Å²) in [6.07, 6.45) is 0. The fourth-order valence-corrected chi connectivity index (χ4v) is 0.777. The molecular weight excluding hydrogens is 250 g/mol. The van der Waals surface area contributed by atoms with E-state index in [0.717, 1.165) is 0 Å². The molecule has 0 saturated carbocycles. The van der Waals surface area contributed by atoms with Crippen molar-refractivity contribution in [1.82, 2.24) is 0 Å². The van der Waals surface area contributed by atoms with Crippen molar-refractivity contribution in [1.29, 1.82) is 0 Å². The van der Waals surface area contributed by atoms with Gasteiger partial charge in [0.25, 0.3) is 0 Å². The van der Waals surface area contributed by atoms with E-state index < -0.39 is 0 Å². The zero-order valence-corrected chi connectivity index (χ0v) is 8.91. The van der Waals surface area contributed by atoms with Gasteiger partial charge < -0.3 is 5.11 Å². The van der Waals surface area contributed by atoms with Gasteiger partial charge in [0.2, 0.25) is 0 Å². The second kappa shape index (κ2) is 4.38. The van der Waals surface area contributed by atoms with E-state index in [9.17, 15) is 0 Å². The molecule has 0 spiro atoms. The van der Waals surface area contributed by atoms with Gasteiger partial charge in [0.15, 0.2) is 0 Å². The number of phenols is 1. The number of benzene rings is 1. The van der Waals surface area contributed by atoms with Gasteiger partial charge in [0.1, 0.15) is 5.75 Å². The minimum absolute atomic E-state index is 0. The maximum Gasteiger partial charge on any atom is 0.117 e. The molecular formula is C6H4Cl2OZr. The van der Waals surface area contributed by atoms with E-state index in [2.05, 4.69) is 0 Å². The van der Waals surface area contributed by atoms with Crippen LogP contribution in [0.25, 0.3) is 0 Å². The number of aromatic hydroxyl groups is 1. The normalized spacial score (nSPS) is 8.60. The van der Waals surface area contributed by atoms with Gasteiger partial charge in [0.05, 0.1) is 10.0 Å². The van der Waals surface area contributed by atoms with Crippen LogP contribution in [0.2, 0.25) is 10.0 Å². The molecule has 0 aliphatic rings. The van der Waals surface area contributed by atoms with Crippen LogP contribution in [0.15, 0.2) is 18.2 Å². The predicted octanol–water partition coefficient (Wildman–Crippen LogP) is 2.70. The Morgan fingerprint density at radius 1 is 1.10 bits per heavy atom. The molecule has 0 saturated heterocycles. The fourth-order valence-electron chi connectivity index (χ4n) is 0.485. The molecule has 4 heteroatoms. The van der Waals surface area contributed by atoms with Crippen LogP contribution in [0.5, 0.6) is 5.75 Å². The molecule has 0 bridgehead atoms. The van der Waals surface area contributed by atoms with Crippen LogP contribution in [0.1, 0.15) is 0 Å². The Morgan fingerprint density at radius 3 is 2.10 bits per heavy atom. The Balaban J connectivity index is 0.000000810. The van der Waals surface area contributed by atoms with Gasteiger partial charge in [-0.15, -0.1) is 0 Å². The van der Waals surface area contributed by atoms with E-state index in [0.29, 0.717) is 10.0 Å². The summed E-state index contributed by atoms with van der Waals surface area (Å²) < 4.78 is 0. The molecule has 1 aromatic rings. The third-order valence-corrected chi connectivity index (χ3v) is 1.64. The van der Waals surface area contributed by atoms with Crippen LogP contribution < -0.4 is 0 Å². The molecule has 0 fully saturated rings. The molecule has 0 aromatic heterocycles. The summed E-state index contributed by atoms with van der Waals surface area (Å²) in [7, 11) is 0. The molecule has 1 nitrogen and oxygen atoms in total. The molecule has 1 rings (SSSR count). The summed E-state index contributed by atoms with van der Waals surface area (Å²) in [5.41, 5.74) is 0. The zero-order valence-electron chi connectivity index (χ0n) is 4.94. The first kappa shape index (κ1) is 10.5.